The zero-order valence-electron chi connectivity index (χ0n) is 13.4. The molecule has 1 amide bonds. The van der Waals surface area contributed by atoms with Gasteiger partial charge < -0.3 is 15.0 Å². The summed E-state index contributed by atoms with van der Waals surface area (Å²) in [4.78, 5) is 14.6. The highest BCUT2D eigenvalue weighted by molar-refractivity contribution is 5.95. The molecule has 23 heavy (non-hydrogen) atoms. The SMILES string of the molecule is Cc1ccccc1C(=O)NCc1cccc(N2CCOCC2)c1. The molecule has 1 aliphatic rings. The highest BCUT2D eigenvalue weighted by atomic mass is 16.5. The highest BCUT2D eigenvalue weighted by Crippen LogP contribution is 2.17. The average Bonchev–Trinajstić information content (AvgIpc) is 2.61. The third-order valence-electron chi connectivity index (χ3n) is 4.13. The molecule has 2 aromatic rings. The maximum Gasteiger partial charge on any atom is 0.251 e. The van der Waals surface area contributed by atoms with Gasteiger partial charge in [0, 0.05) is 30.9 Å². The molecular weight excluding hydrogens is 288 g/mol. The summed E-state index contributed by atoms with van der Waals surface area (Å²) in [5.41, 5.74) is 4.02. The summed E-state index contributed by atoms with van der Waals surface area (Å²) < 4.78 is 5.39. The second-order valence-corrected chi connectivity index (χ2v) is 5.77. The van der Waals surface area contributed by atoms with Crippen molar-refractivity contribution in [2.24, 2.45) is 0 Å². The average molecular weight is 310 g/mol. The second-order valence-electron chi connectivity index (χ2n) is 5.77. The quantitative estimate of drug-likeness (QED) is 0.944. The molecule has 4 heteroatoms. The predicted octanol–water partition coefficient (Wildman–Crippen LogP) is 2.76. The third kappa shape index (κ3) is 3.90. The number of anilines is 1. The minimum absolute atomic E-state index is 0.0279. The number of morpholine rings is 1. The molecule has 2 aromatic carbocycles. The Kier molecular flexibility index (Phi) is 4.93. The normalized spacial score (nSPS) is 14.6. The lowest BCUT2D eigenvalue weighted by molar-refractivity contribution is 0.0950. The van der Waals surface area contributed by atoms with E-state index in [0.29, 0.717) is 6.54 Å². The van der Waals surface area contributed by atoms with E-state index in [4.69, 9.17) is 4.74 Å². The van der Waals surface area contributed by atoms with Gasteiger partial charge in [0.15, 0.2) is 0 Å². The largest absolute Gasteiger partial charge is 0.378 e. The summed E-state index contributed by atoms with van der Waals surface area (Å²) in [5.74, 6) is -0.0279. The molecule has 0 bridgehead atoms. The number of nitrogens with zero attached hydrogens (tertiary/aromatic N) is 1. The number of aryl methyl sites for hydroxylation is 1. The molecule has 0 spiro atoms. The Labute approximate surface area is 137 Å². The lowest BCUT2D eigenvalue weighted by Gasteiger charge is -2.29. The maximum atomic E-state index is 12.3. The number of ether oxygens (including phenoxy) is 1. The molecule has 1 heterocycles. The fourth-order valence-corrected chi connectivity index (χ4v) is 2.79. The van der Waals surface area contributed by atoms with Crippen LogP contribution in [0.2, 0.25) is 0 Å². The number of hydrogen-bond donors (Lipinski definition) is 1. The van der Waals surface area contributed by atoms with Crippen LogP contribution in [0, 0.1) is 6.92 Å². The lowest BCUT2D eigenvalue weighted by atomic mass is 10.1. The number of carbonyl (C=O) groups excluding carboxylic acids is 1. The Balaban J connectivity index is 1.64. The van der Waals surface area contributed by atoms with Gasteiger partial charge in [-0.25, -0.2) is 0 Å². The lowest BCUT2D eigenvalue weighted by Crippen LogP contribution is -2.36. The summed E-state index contributed by atoms with van der Waals surface area (Å²) in [6, 6.07) is 16.0. The number of rotatable bonds is 4. The number of amides is 1. The van der Waals surface area contributed by atoms with Crippen LogP contribution in [0.4, 0.5) is 5.69 Å². The molecule has 1 saturated heterocycles. The third-order valence-corrected chi connectivity index (χ3v) is 4.13. The van der Waals surface area contributed by atoms with Crippen molar-refractivity contribution in [3.05, 3.63) is 65.2 Å². The van der Waals surface area contributed by atoms with Crippen LogP contribution in [0.25, 0.3) is 0 Å². The minimum Gasteiger partial charge on any atom is -0.378 e. The molecule has 0 aliphatic carbocycles. The van der Waals surface area contributed by atoms with E-state index in [2.05, 4.69) is 22.3 Å². The summed E-state index contributed by atoms with van der Waals surface area (Å²) >= 11 is 0. The fourth-order valence-electron chi connectivity index (χ4n) is 2.79. The van der Waals surface area contributed by atoms with Gasteiger partial charge in [0.1, 0.15) is 0 Å². The van der Waals surface area contributed by atoms with E-state index in [1.807, 2.05) is 43.3 Å². The van der Waals surface area contributed by atoms with E-state index in [1.54, 1.807) is 0 Å². The molecule has 120 valence electrons. The van der Waals surface area contributed by atoms with Crippen LogP contribution in [0.5, 0.6) is 0 Å². The van der Waals surface area contributed by atoms with E-state index in [9.17, 15) is 4.79 Å². The molecule has 1 fully saturated rings. The number of nitrogens with one attached hydrogen (secondary N) is 1. The van der Waals surface area contributed by atoms with Crippen molar-refractivity contribution in [2.75, 3.05) is 31.2 Å². The zero-order valence-corrected chi connectivity index (χ0v) is 13.4. The van der Waals surface area contributed by atoms with Crippen LogP contribution in [0.3, 0.4) is 0 Å². The van der Waals surface area contributed by atoms with E-state index in [-0.39, 0.29) is 5.91 Å². The molecule has 4 nitrogen and oxygen atoms in total. The van der Waals surface area contributed by atoms with E-state index in [0.717, 1.165) is 43.0 Å². The molecule has 0 radical (unpaired) electrons. The van der Waals surface area contributed by atoms with E-state index in [1.165, 1.54) is 5.69 Å². The Morgan fingerprint density at radius 1 is 1.13 bits per heavy atom. The number of hydrogen-bond acceptors (Lipinski definition) is 3. The van der Waals surface area contributed by atoms with Gasteiger partial charge in [-0.15, -0.1) is 0 Å². The van der Waals surface area contributed by atoms with Gasteiger partial charge in [0.2, 0.25) is 0 Å². The van der Waals surface area contributed by atoms with Crippen molar-refractivity contribution >= 4 is 11.6 Å². The first kappa shape index (κ1) is 15.6. The Bertz CT molecular complexity index is 679. The van der Waals surface area contributed by atoms with Crippen LogP contribution in [0.1, 0.15) is 21.5 Å². The molecule has 0 atom stereocenters. The van der Waals surface area contributed by atoms with Crippen molar-refractivity contribution in [3.8, 4) is 0 Å². The van der Waals surface area contributed by atoms with Gasteiger partial charge in [-0.2, -0.15) is 0 Å². The molecule has 0 saturated carbocycles. The Morgan fingerprint density at radius 2 is 1.91 bits per heavy atom. The Morgan fingerprint density at radius 3 is 2.70 bits per heavy atom. The number of benzene rings is 2. The van der Waals surface area contributed by atoms with Crippen molar-refractivity contribution in [2.45, 2.75) is 13.5 Å². The maximum absolute atomic E-state index is 12.3. The van der Waals surface area contributed by atoms with Gasteiger partial charge in [0.05, 0.1) is 13.2 Å². The molecule has 3 rings (SSSR count). The summed E-state index contributed by atoms with van der Waals surface area (Å²) in [7, 11) is 0. The van der Waals surface area contributed by atoms with Gasteiger partial charge in [0.25, 0.3) is 5.91 Å². The predicted molar refractivity (Wildman–Crippen MR) is 91.8 cm³/mol. The molecular formula is C19H22N2O2. The van der Waals surface area contributed by atoms with Crippen LogP contribution < -0.4 is 10.2 Å². The Hall–Kier alpha value is -2.33. The molecule has 1 aliphatic heterocycles. The first-order valence-corrected chi connectivity index (χ1v) is 7.99. The van der Waals surface area contributed by atoms with Gasteiger partial charge in [-0.1, -0.05) is 30.3 Å². The van der Waals surface area contributed by atoms with Gasteiger partial charge in [-0.05, 0) is 36.2 Å². The summed E-state index contributed by atoms with van der Waals surface area (Å²) in [6.07, 6.45) is 0. The van der Waals surface area contributed by atoms with Crippen LogP contribution in [0.15, 0.2) is 48.5 Å². The van der Waals surface area contributed by atoms with E-state index >= 15 is 0 Å². The van der Waals surface area contributed by atoms with Crippen LogP contribution in [-0.2, 0) is 11.3 Å². The first-order valence-electron chi connectivity index (χ1n) is 7.99. The summed E-state index contributed by atoms with van der Waals surface area (Å²) in [6.45, 7) is 5.86. The van der Waals surface area contributed by atoms with Crippen molar-refractivity contribution in [1.29, 1.82) is 0 Å². The van der Waals surface area contributed by atoms with Gasteiger partial charge >= 0.3 is 0 Å². The smallest absolute Gasteiger partial charge is 0.251 e. The van der Waals surface area contributed by atoms with E-state index < -0.39 is 0 Å². The molecule has 0 aromatic heterocycles. The van der Waals surface area contributed by atoms with Crippen molar-refractivity contribution in [1.82, 2.24) is 5.32 Å². The van der Waals surface area contributed by atoms with Crippen molar-refractivity contribution < 1.29 is 9.53 Å². The second kappa shape index (κ2) is 7.29. The van der Waals surface area contributed by atoms with Crippen LogP contribution >= 0.6 is 0 Å². The fraction of sp³-hybridized carbons (Fsp3) is 0.316. The zero-order chi connectivity index (χ0) is 16.1. The van der Waals surface area contributed by atoms with Gasteiger partial charge in [-0.3, -0.25) is 4.79 Å². The molecule has 0 unspecified atom stereocenters. The number of carbonyl (C=O) groups is 1. The highest BCUT2D eigenvalue weighted by Gasteiger charge is 2.12. The monoisotopic (exact) mass is 310 g/mol. The van der Waals surface area contributed by atoms with Crippen LogP contribution in [-0.4, -0.2) is 32.2 Å². The standard InChI is InChI=1S/C19H22N2O2/c1-15-5-2-3-8-18(15)19(22)20-14-16-6-4-7-17(13-16)21-9-11-23-12-10-21/h2-8,13H,9-12,14H2,1H3,(H,20,22). The molecule has 1 N–H and O–H groups in total. The summed E-state index contributed by atoms with van der Waals surface area (Å²) in [5, 5.41) is 3.00. The first-order chi connectivity index (χ1) is 11.2. The minimum atomic E-state index is -0.0279. The van der Waals surface area contributed by atoms with Crippen molar-refractivity contribution in [3.63, 3.8) is 0 Å². The topological polar surface area (TPSA) is 41.6 Å².